The monoisotopic (exact) mass is 517 g/mol. The molecule has 0 aliphatic carbocycles. The molecule has 3 aromatic rings. The molecule has 0 aliphatic rings. The van der Waals surface area contributed by atoms with Gasteiger partial charge in [0.05, 0.1) is 17.2 Å². The number of carbonyl (C=O) groups is 1. The van der Waals surface area contributed by atoms with Crippen molar-refractivity contribution in [2.75, 3.05) is 11.9 Å². The summed E-state index contributed by atoms with van der Waals surface area (Å²) in [6, 6.07) is 13.2. The van der Waals surface area contributed by atoms with Gasteiger partial charge in [0.1, 0.15) is 6.04 Å². The first-order chi connectivity index (χ1) is 16.7. The van der Waals surface area contributed by atoms with Crippen molar-refractivity contribution < 1.29 is 22.4 Å². The highest BCUT2D eigenvalue weighted by atomic mass is 28.4. The van der Waals surface area contributed by atoms with Gasteiger partial charge in [-0.3, -0.25) is 9.78 Å². The summed E-state index contributed by atoms with van der Waals surface area (Å²) in [5, 5.41) is 6.87. The average Bonchev–Trinajstić information content (AvgIpc) is 2.80. The van der Waals surface area contributed by atoms with E-state index in [-0.39, 0.29) is 10.9 Å². The summed E-state index contributed by atoms with van der Waals surface area (Å²) in [6.45, 7) is 12.7. The molecule has 0 spiro atoms. The van der Waals surface area contributed by atoms with E-state index >= 15 is 0 Å². The Balaban J connectivity index is 1.99. The van der Waals surface area contributed by atoms with E-state index in [0.29, 0.717) is 17.8 Å². The third-order valence-corrected chi connectivity index (χ3v) is 11.1. The van der Waals surface area contributed by atoms with Gasteiger partial charge in [-0.25, -0.2) is 0 Å². The molecule has 0 bridgehead atoms. The van der Waals surface area contributed by atoms with Crippen LogP contribution in [0.15, 0.2) is 60.8 Å². The van der Waals surface area contributed by atoms with Crippen LogP contribution in [0.1, 0.15) is 44.9 Å². The SMILES string of the molecule is CCNC(C(=O)Nc1ccc2ncccc2c1)C(O[Si](C)(C)C(C)(C)C)c1ccc(C(F)(F)F)cc1. The number of carbonyl (C=O) groups excluding carboxylic acids is 1. The molecule has 1 amide bonds. The van der Waals surface area contributed by atoms with Crippen LogP contribution in [0, 0.1) is 0 Å². The van der Waals surface area contributed by atoms with Crippen molar-refractivity contribution in [3.8, 4) is 0 Å². The zero-order valence-electron chi connectivity index (χ0n) is 21.5. The maximum atomic E-state index is 13.6. The van der Waals surface area contributed by atoms with Crippen LogP contribution < -0.4 is 10.6 Å². The van der Waals surface area contributed by atoms with Crippen molar-refractivity contribution in [3.63, 3.8) is 0 Å². The minimum atomic E-state index is -4.45. The van der Waals surface area contributed by atoms with Crippen LogP contribution in [0.4, 0.5) is 18.9 Å². The number of benzene rings is 2. The number of nitrogens with one attached hydrogen (secondary N) is 2. The maximum Gasteiger partial charge on any atom is 0.416 e. The molecule has 9 heteroatoms. The molecule has 0 saturated heterocycles. The fraction of sp³-hybridized carbons (Fsp3) is 0.407. The number of rotatable bonds is 8. The molecule has 1 aromatic heterocycles. The zero-order chi connectivity index (χ0) is 26.7. The lowest BCUT2D eigenvalue weighted by Crippen LogP contribution is -2.51. The highest BCUT2D eigenvalue weighted by molar-refractivity contribution is 6.74. The summed E-state index contributed by atoms with van der Waals surface area (Å²) >= 11 is 0. The van der Waals surface area contributed by atoms with Gasteiger partial charge in [0.2, 0.25) is 5.91 Å². The summed E-state index contributed by atoms with van der Waals surface area (Å²) in [6.07, 6.45) is -3.53. The van der Waals surface area contributed by atoms with Gasteiger partial charge in [0.15, 0.2) is 8.32 Å². The molecule has 1 heterocycles. The Bertz CT molecular complexity index is 1190. The summed E-state index contributed by atoms with van der Waals surface area (Å²) in [7, 11) is -2.42. The van der Waals surface area contributed by atoms with Crippen LogP contribution in [0.25, 0.3) is 10.9 Å². The number of alkyl halides is 3. The molecule has 0 saturated carbocycles. The smallest absolute Gasteiger partial charge is 0.408 e. The van der Waals surface area contributed by atoms with Crippen LogP contribution in [-0.2, 0) is 15.4 Å². The molecule has 0 radical (unpaired) electrons. The fourth-order valence-electron chi connectivity index (χ4n) is 3.62. The van der Waals surface area contributed by atoms with Crippen molar-refractivity contribution in [2.45, 2.75) is 64.1 Å². The zero-order valence-corrected chi connectivity index (χ0v) is 22.5. The molecule has 2 unspecified atom stereocenters. The minimum absolute atomic E-state index is 0.171. The third-order valence-electron chi connectivity index (χ3n) is 6.67. The van der Waals surface area contributed by atoms with Crippen molar-refractivity contribution >= 4 is 30.8 Å². The number of anilines is 1. The van der Waals surface area contributed by atoms with Gasteiger partial charge in [0, 0.05) is 17.3 Å². The van der Waals surface area contributed by atoms with Crippen LogP contribution in [0.5, 0.6) is 0 Å². The summed E-state index contributed by atoms with van der Waals surface area (Å²) in [5.74, 6) is -0.330. The number of hydrogen-bond acceptors (Lipinski definition) is 4. The van der Waals surface area contributed by atoms with E-state index in [1.54, 1.807) is 12.3 Å². The number of amides is 1. The molecule has 0 fully saturated rings. The Morgan fingerprint density at radius 3 is 2.31 bits per heavy atom. The lowest BCUT2D eigenvalue weighted by molar-refractivity contribution is -0.137. The highest BCUT2D eigenvalue weighted by Crippen LogP contribution is 2.41. The topological polar surface area (TPSA) is 63.2 Å². The van der Waals surface area contributed by atoms with Gasteiger partial charge < -0.3 is 15.1 Å². The Kier molecular flexibility index (Phi) is 8.27. The number of nitrogens with zero attached hydrogens (tertiary/aromatic N) is 1. The van der Waals surface area contributed by atoms with E-state index in [1.165, 1.54) is 12.1 Å². The van der Waals surface area contributed by atoms with Gasteiger partial charge >= 0.3 is 6.18 Å². The van der Waals surface area contributed by atoms with Crippen molar-refractivity contribution in [1.82, 2.24) is 10.3 Å². The Hall–Kier alpha value is -2.75. The molecule has 3 rings (SSSR count). The average molecular weight is 518 g/mol. The van der Waals surface area contributed by atoms with Crippen LogP contribution in [0.2, 0.25) is 18.1 Å². The quantitative estimate of drug-likeness (QED) is 0.318. The van der Waals surface area contributed by atoms with Crippen LogP contribution >= 0.6 is 0 Å². The predicted molar refractivity (Wildman–Crippen MR) is 140 cm³/mol. The number of halogens is 3. The molecular formula is C27H34F3N3O2Si. The van der Waals surface area contributed by atoms with E-state index in [0.717, 1.165) is 23.0 Å². The van der Waals surface area contributed by atoms with E-state index in [9.17, 15) is 18.0 Å². The number of fused-ring (bicyclic) bond motifs is 1. The number of hydrogen-bond donors (Lipinski definition) is 2. The fourth-order valence-corrected chi connectivity index (χ4v) is 4.88. The Labute approximate surface area is 211 Å². The molecule has 36 heavy (non-hydrogen) atoms. The lowest BCUT2D eigenvalue weighted by Gasteiger charge is -2.41. The molecule has 194 valence electrons. The summed E-state index contributed by atoms with van der Waals surface area (Å²) in [5.41, 5.74) is 1.17. The second kappa shape index (κ2) is 10.7. The Morgan fingerprint density at radius 2 is 1.72 bits per heavy atom. The summed E-state index contributed by atoms with van der Waals surface area (Å²) < 4.78 is 46.3. The third kappa shape index (κ3) is 6.51. The Morgan fingerprint density at radius 1 is 1.06 bits per heavy atom. The van der Waals surface area contributed by atoms with Gasteiger partial charge in [-0.1, -0.05) is 45.9 Å². The van der Waals surface area contributed by atoms with E-state index in [4.69, 9.17) is 4.43 Å². The minimum Gasteiger partial charge on any atom is -0.408 e. The standard InChI is InChI=1S/C27H34F3N3O2Si/c1-7-31-23(25(34)33-21-14-15-22-19(17-21)9-8-16-32-22)24(35-36(5,6)26(2,3)4)18-10-12-20(13-11-18)27(28,29)30/h8-17,23-24,31H,7H2,1-6H3,(H,33,34). The molecule has 0 aliphatic heterocycles. The highest BCUT2D eigenvalue weighted by Gasteiger charge is 2.43. The molecular weight excluding hydrogens is 483 g/mol. The van der Waals surface area contributed by atoms with E-state index < -0.39 is 32.2 Å². The maximum absolute atomic E-state index is 13.6. The van der Waals surface area contributed by atoms with Gasteiger partial charge in [-0.2, -0.15) is 13.2 Å². The van der Waals surface area contributed by atoms with E-state index in [1.807, 2.05) is 31.2 Å². The van der Waals surface area contributed by atoms with Crippen LogP contribution in [-0.4, -0.2) is 31.8 Å². The number of pyridine rings is 1. The molecule has 2 atom stereocenters. The van der Waals surface area contributed by atoms with Gasteiger partial charge in [0.25, 0.3) is 0 Å². The molecule has 5 nitrogen and oxygen atoms in total. The number of likely N-dealkylation sites (N-methyl/N-ethyl adjacent to an activating group) is 1. The summed E-state index contributed by atoms with van der Waals surface area (Å²) in [4.78, 5) is 17.9. The first kappa shape index (κ1) is 27.8. The van der Waals surface area contributed by atoms with Crippen molar-refractivity contribution in [3.05, 3.63) is 71.9 Å². The normalized spacial score (nSPS) is 14.5. The lowest BCUT2D eigenvalue weighted by atomic mass is 9.99. The predicted octanol–water partition coefficient (Wildman–Crippen LogP) is 6.93. The number of aromatic nitrogens is 1. The van der Waals surface area contributed by atoms with Crippen molar-refractivity contribution in [1.29, 1.82) is 0 Å². The van der Waals surface area contributed by atoms with Gasteiger partial charge in [-0.15, -0.1) is 0 Å². The second-order valence-corrected chi connectivity index (χ2v) is 15.1. The molecule has 2 aromatic carbocycles. The van der Waals surface area contributed by atoms with Crippen molar-refractivity contribution in [2.24, 2.45) is 0 Å². The first-order valence-electron chi connectivity index (χ1n) is 12.0. The first-order valence-corrected chi connectivity index (χ1v) is 14.9. The van der Waals surface area contributed by atoms with E-state index in [2.05, 4.69) is 49.5 Å². The second-order valence-electron chi connectivity index (χ2n) is 10.4. The van der Waals surface area contributed by atoms with Crippen LogP contribution in [0.3, 0.4) is 0 Å². The largest absolute Gasteiger partial charge is 0.416 e. The molecule has 2 N–H and O–H groups in total. The van der Waals surface area contributed by atoms with Gasteiger partial charge in [-0.05, 0) is 66.6 Å².